The average molecular weight is 383 g/mol. The molecule has 0 unspecified atom stereocenters. The smallest absolute Gasteiger partial charge is 0.0577 e. The summed E-state index contributed by atoms with van der Waals surface area (Å²) in [6.07, 6.45) is 19.3. The Morgan fingerprint density at radius 1 is 1.11 bits per heavy atom. The van der Waals surface area contributed by atoms with Crippen LogP contribution in [-0.4, -0.2) is 11.2 Å². The van der Waals surface area contributed by atoms with Crippen LogP contribution in [0.25, 0.3) is 0 Å². The molecule has 0 saturated heterocycles. The predicted octanol–water partition coefficient (Wildman–Crippen LogP) is 6.77. The second-order valence-electron chi connectivity index (χ2n) is 12.0. The van der Waals surface area contributed by atoms with Crippen LogP contribution < -0.4 is 0 Å². The van der Waals surface area contributed by atoms with Crippen molar-refractivity contribution < 1.29 is 5.11 Å². The Morgan fingerprint density at radius 3 is 2.64 bits per heavy atom. The van der Waals surface area contributed by atoms with Crippen molar-refractivity contribution in [1.82, 2.24) is 0 Å². The summed E-state index contributed by atoms with van der Waals surface area (Å²) >= 11 is 0. The molecule has 5 aliphatic rings. The van der Waals surface area contributed by atoms with Gasteiger partial charge in [0.1, 0.15) is 0 Å². The fraction of sp³-hybridized carbons (Fsp3) is 0.852. The summed E-state index contributed by atoms with van der Waals surface area (Å²) in [7, 11) is 0. The molecule has 0 aromatic rings. The van der Waals surface area contributed by atoms with Gasteiger partial charge in [0, 0.05) is 0 Å². The molecule has 0 radical (unpaired) electrons. The zero-order valence-electron chi connectivity index (χ0n) is 18.7. The highest BCUT2D eigenvalue weighted by Crippen LogP contribution is 2.67. The molecule has 0 bridgehead atoms. The maximum Gasteiger partial charge on any atom is 0.0577 e. The molecule has 4 fully saturated rings. The number of hydrogen-bond acceptors (Lipinski definition) is 1. The highest BCUT2D eigenvalue weighted by atomic mass is 16.3. The molecule has 4 saturated carbocycles. The number of rotatable bonds is 3. The van der Waals surface area contributed by atoms with Crippen LogP contribution in [-0.2, 0) is 0 Å². The van der Waals surface area contributed by atoms with Crippen molar-refractivity contribution in [3.05, 3.63) is 23.8 Å². The Labute approximate surface area is 173 Å². The molecular formula is C27H42O. The van der Waals surface area contributed by atoms with E-state index < -0.39 is 0 Å². The van der Waals surface area contributed by atoms with Gasteiger partial charge in [0.05, 0.1) is 6.10 Å². The van der Waals surface area contributed by atoms with E-state index in [1.807, 2.05) is 0 Å². The number of aliphatic hydroxyl groups is 1. The van der Waals surface area contributed by atoms with E-state index in [1.165, 1.54) is 44.9 Å². The summed E-state index contributed by atoms with van der Waals surface area (Å²) in [6.45, 7) is 10.1. The third kappa shape index (κ3) is 2.90. The first-order valence-electron chi connectivity index (χ1n) is 12.4. The molecule has 0 heterocycles. The minimum Gasteiger partial charge on any atom is -0.393 e. The summed E-state index contributed by atoms with van der Waals surface area (Å²) < 4.78 is 0. The maximum atomic E-state index is 10.2. The van der Waals surface area contributed by atoms with Crippen LogP contribution in [0.5, 0.6) is 0 Å². The molecule has 1 N–H and O–H groups in total. The largest absolute Gasteiger partial charge is 0.393 e. The van der Waals surface area contributed by atoms with Crippen LogP contribution >= 0.6 is 0 Å². The van der Waals surface area contributed by atoms with E-state index in [-0.39, 0.29) is 6.10 Å². The van der Waals surface area contributed by atoms with Crippen molar-refractivity contribution in [3.8, 4) is 0 Å². The fourth-order valence-electron chi connectivity index (χ4n) is 8.62. The molecule has 5 rings (SSSR count). The van der Waals surface area contributed by atoms with Crippen LogP contribution in [0.1, 0.15) is 85.5 Å². The minimum atomic E-state index is -0.0811. The fourth-order valence-corrected chi connectivity index (χ4v) is 8.62. The van der Waals surface area contributed by atoms with E-state index in [2.05, 4.69) is 45.9 Å². The Morgan fingerprint density at radius 2 is 1.89 bits per heavy atom. The third-order valence-corrected chi connectivity index (χ3v) is 10.6. The zero-order valence-corrected chi connectivity index (χ0v) is 18.7. The number of allylic oxidation sites excluding steroid dienone is 3. The van der Waals surface area contributed by atoms with Crippen molar-refractivity contribution in [3.63, 3.8) is 0 Å². The second kappa shape index (κ2) is 6.73. The minimum absolute atomic E-state index is 0.0811. The Bertz CT molecular complexity index is 676. The van der Waals surface area contributed by atoms with Gasteiger partial charge < -0.3 is 5.11 Å². The van der Waals surface area contributed by atoms with Crippen molar-refractivity contribution >= 4 is 0 Å². The zero-order chi connectivity index (χ0) is 19.7. The molecule has 156 valence electrons. The van der Waals surface area contributed by atoms with Gasteiger partial charge in [0.2, 0.25) is 0 Å². The normalized spacial score (nSPS) is 53.9. The van der Waals surface area contributed by atoms with Gasteiger partial charge >= 0.3 is 0 Å². The van der Waals surface area contributed by atoms with Gasteiger partial charge in [-0.1, -0.05) is 51.5 Å². The third-order valence-electron chi connectivity index (χ3n) is 10.6. The molecule has 1 nitrogen and oxygen atoms in total. The van der Waals surface area contributed by atoms with Crippen LogP contribution in [0.4, 0.5) is 0 Å². The highest BCUT2D eigenvalue weighted by Gasteiger charge is 2.59. The molecule has 0 spiro atoms. The average Bonchev–Trinajstić information content (AvgIpc) is 3.25. The van der Waals surface area contributed by atoms with Gasteiger partial charge in [-0.25, -0.2) is 0 Å². The first-order valence-corrected chi connectivity index (χ1v) is 12.4. The summed E-state index contributed by atoms with van der Waals surface area (Å²) in [5, 5.41) is 10.2. The van der Waals surface area contributed by atoms with Crippen molar-refractivity contribution in [2.75, 3.05) is 0 Å². The lowest BCUT2D eigenvalue weighted by atomic mass is 9.47. The van der Waals surface area contributed by atoms with Gasteiger partial charge in [-0.2, -0.15) is 0 Å². The lowest BCUT2D eigenvalue weighted by Gasteiger charge is -2.58. The summed E-state index contributed by atoms with van der Waals surface area (Å²) in [4.78, 5) is 0. The second-order valence-corrected chi connectivity index (χ2v) is 12.0. The molecule has 0 aromatic carbocycles. The topological polar surface area (TPSA) is 20.2 Å². The van der Waals surface area contributed by atoms with Crippen LogP contribution in [0.3, 0.4) is 0 Å². The summed E-state index contributed by atoms with van der Waals surface area (Å²) in [5.41, 5.74) is 2.55. The molecular weight excluding hydrogens is 340 g/mol. The standard InChI is InChI=1S/C27H42O/c1-17(5-6-19-15-18(19)2)23-9-10-24-22-8-7-20-16-21(28)11-13-26(20,3)25(22)12-14-27(23,24)4/h5-7,17-19,21-25,28H,8-16H2,1-4H3/b6-5+/t17-,18+,19+,21+,22+,23-,24+,25+,26+,27-/m1/s1. The van der Waals surface area contributed by atoms with E-state index in [9.17, 15) is 5.11 Å². The lowest BCUT2D eigenvalue weighted by molar-refractivity contribution is -0.0540. The van der Waals surface area contributed by atoms with Crippen LogP contribution in [0.15, 0.2) is 23.8 Å². The van der Waals surface area contributed by atoms with Crippen LogP contribution in [0.2, 0.25) is 0 Å². The van der Waals surface area contributed by atoms with Gasteiger partial charge in [-0.3, -0.25) is 0 Å². The molecule has 5 aliphatic carbocycles. The Balaban J connectivity index is 1.36. The number of hydrogen-bond donors (Lipinski definition) is 1. The van der Waals surface area contributed by atoms with Crippen molar-refractivity contribution in [2.45, 2.75) is 91.6 Å². The maximum absolute atomic E-state index is 10.2. The summed E-state index contributed by atoms with van der Waals surface area (Å²) in [5.74, 6) is 6.14. The molecule has 10 atom stereocenters. The molecule has 28 heavy (non-hydrogen) atoms. The van der Waals surface area contributed by atoms with E-state index in [4.69, 9.17) is 0 Å². The van der Waals surface area contributed by atoms with E-state index in [0.717, 1.165) is 54.3 Å². The Hall–Kier alpha value is -0.560. The summed E-state index contributed by atoms with van der Waals surface area (Å²) in [6, 6.07) is 0. The number of fused-ring (bicyclic) bond motifs is 5. The molecule has 1 heteroatoms. The quantitative estimate of drug-likeness (QED) is 0.534. The van der Waals surface area contributed by atoms with E-state index >= 15 is 0 Å². The molecule has 0 aromatic heterocycles. The predicted molar refractivity (Wildman–Crippen MR) is 117 cm³/mol. The van der Waals surface area contributed by atoms with Gasteiger partial charge in [-0.05, 0) is 110 Å². The van der Waals surface area contributed by atoms with Crippen molar-refractivity contribution in [2.24, 2.45) is 52.3 Å². The SMILES string of the molecule is C[C@H](/C=C/[C@H]1C[C@@H]1C)[C@H]1CC[C@H]2[C@@H]3CC=C4C[C@@H](O)CC[C@]4(C)[C@H]3CC[C@]12C. The van der Waals surface area contributed by atoms with Gasteiger partial charge in [0.15, 0.2) is 0 Å². The monoisotopic (exact) mass is 382 g/mol. The molecule has 0 amide bonds. The van der Waals surface area contributed by atoms with Gasteiger partial charge in [0.25, 0.3) is 0 Å². The van der Waals surface area contributed by atoms with Crippen molar-refractivity contribution in [1.29, 1.82) is 0 Å². The number of aliphatic hydroxyl groups excluding tert-OH is 1. The first-order chi connectivity index (χ1) is 13.3. The molecule has 0 aliphatic heterocycles. The van der Waals surface area contributed by atoms with Gasteiger partial charge in [-0.15, -0.1) is 0 Å². The van der Waals surface area contributed by atoms with Crippen LogP contribution in [0, 0.1) is 52.3 Å². The first kappa shape index (κ1) is 19.4. The Kier molecular flexibility index (Phi) is 4.66. The van der Waals surface area contributed by atoms with E-state index in [1.54, 1.807) is 5.57 Å². The highest BCUT2D eigenvalue weighted by molar-refractivity contribution is 5.25. The lowest BCUT2D eigenvalue weighted by Crippen LogP contribution is -2.50. The van der Waals surface area contributed by atoms with E-state index in [0.29, 0.717) is 10.8 Å².